The monoisotopic (exact) mass is 541 g/mol. The lowest BCUT2D eigenvalue weighted by Gasteiger charge is -2.37. The molecule has 38 heavy (non-hydrogen) atoms. The molecule has 1 N–H and O–H groups in total. The van der Waals surface area contributed by atoms with Gasteiger partial charge in [-0.3, -0.25) is 9.69 Å². The predicted molar refractivity (Wildman–Crippen MR) is 141 cm³/mol. The Hall–Kier alpha value is -3.00. The largest absolute Gasteiger partial charge is 0.487 e. The molecule has 0 fully saturated rings. The highest BCUT2D eigenvalue weighted by Crippen LogP contribution is 2.39. The van der Waals surface area contributed by atoms with Crippen molar-refractivity contribution in [2.24, 2.45) is 0 Å². The third-order valence-electron chi connectivity index (χ3n) is 7.36. The van der Waals surface area contributed by atoms with Crippen LogP contribution in [-0.4, -0.2) is 46.7 Å². The molecule has 3 aromatic rings. The minimum Gasteiger partial charge on any atom is -0.487 e. The van der Waals surface area contributed by atoms with Gasteiger partial charge in [0.1, 0.15) is 35.3 Å². The lowest BCUT2D eigenvalue weighted by Crippen LogP contribution is -2.51. The third-order valence-corrected chi connectivity index (χ3v) is 7.64. The molecule has 3 atom stereocenters. The average Bonchev–Trinajstić information content (AvgIpc) is 2.89. The summed E-state index contributed by atoms with van der Waals surface area (Å²) >= 11 is 6.24. The summed E-state index contributed by atoms with van der Waals surface area (Å²) in [6.45, 7) is 2.40. The normalized spacial score (nSPS) is 21.2. The van der Waals surface area contributed by atoms with Crippen molar-refractivity contribution < 1.29 is 28.2 Å². The van der Waals surface area contributed by atoms with Crippen LogP contribution in [0.1, 0.15) is 36.5 Å². The zero-order valence-electron chi connectivity index (χ0n) is 21.1. The molecule has 0 spiro atoms. The van der Waals surface area contributed by atoms with Gasteiger partial charge in [0.2, 0.25) is 0 Å². The fraction of sp³-hybridized carbons (Fsp3) is 0.367. The average molecular weight is 542 g/mol. The number of nitrogens with zero attached hydrogens (tertiary/aromatic N) is 1. The smallest absolute Gasteiger partial charge is 0.189 e. The molecule has 2 aliphatic heterocycles. The molecule has 0 saturated carbocycles. The van der Waals surface area contributed by atoms with Gasteiger partial charge in [0.25, 0.3) is 0 Å². The van der Waals surface area contributed by atoms with Crippen LogP contribution in [-0.2, 0) is 24.2 Å². The van der Waals surface area contributed by atoms with Crippen LogP contribution < -0.4 is 9.47 Å². The number of aliphatic hydroxyl groups is 1. The van der Waals surface area contributed by atoms with Gasteiger partial charge in [-0.2, -0.15) is 0 Å². The molecule has 8 heteroatoms. The number of rotatable bonds is 8. The van der Waals surface area contributed by atoms with Gasteiger partial charge in [-0.1, -0.05) is 41.9 Å². The summed E-state index contributed by atoms with van der Waals surface area (Å²) in [5, 5.41) is 11.3. The topological polar surface area (TPSA) is 59.0 Å². The van der Waals surface area contributed by atoms with E-state index < -0.39 is 23.6 Å². The van der Waals surface area contributed by atoms with E-state index >= 15 is 0 Å². The van der Waals surface area contributed by atoms with E-state index in [1.807, 2.05) is 35.2 Å². The van der Waals surface area contributed by atoms with Crippen LogP contribution in [0, 0.1) is 11.6 Å². The van der Waals surface area contributed by atoms with E-state index in [2.05, 4.69) is 0 Å². The number of aryl methyl sites for hydroxylation is 2. The minimum atomic E-state index is -1.14. The van der Waals surface area contributed by atoms with Crippen molar-refractivity contribution in [3.05, 3.63) is 94.0 Å². The van der Waals surface area contributed by atoms with Crippen LogP contribution >= 0.6 is 11.6 Å². The Bertz CT molecular complexity index is 1320. The molecule has 0 aliphatic carbocycles. The first kappa shape index (κ1) is 26.6. The number of fused-ring (bicyclic) bond motifs is 2. The number of benzene rings is 3. The molecule has 0 bridgehead atoms. The van der Waals surface area contributed by atoms with Crippen LogP contribution in [0.3, 0.4) is 0 Å². The van der Waals surface area contributed by atoms with Gasteiger partial charge >= 0.3 is 0 Å². The van der Waals surface area contributed by atoms with E-state index in [1.165, 1.54) is 24.3 Å². The lowest BCUT2D eigenvalue weighted by atomic mass is 9.88. The standard InChI is InChI=1S/C30H30ClF2NO4/c1-30(12-11-21-14-23(33)15-24(31)29(21)38-30)28(36)18-34(16-19-5-3-2-4-6-19)17-25(35)27-9-7-20-13-22(32)8-10-26(20)37-27/h2-6,8,10,13-15,25,27,35H,7,9,11-12,16-18H2,1H3/t25-,27+,30+/m1/s1. The number of halogens is 3. The van der Waals surface area contributed by atoms with E-state index in [4.69, 9.17) is 21.1 Å². The highest BCUT2D eigenvalue weighted by molar-refractivity contribution is 6.32. The Labute approximate surface area is 225 Å². The van der Waals surface area contributed by atoms with E-state index in [-0.39, 0.29) is 29.7 Å². The zero-order chi connectivity index (χ0) is 26.9. The van der Waals surface area contributed by atoms with Crippen LogP contribution in [0.25, 0.3) is 0 Å². The maximum absolute atomic E-state index is 13.8. The SMILES string of the molecule is C[C@@]1(C(=O)CN(Cc2ccccc2)C[C@@H](O)[C@@H]2CCc3cc(F)ccc3O2)CCc2cc(F)cc(Cl)c2O1. The van der Waals surface area contributed by atoms with Gasteiger partial charge < -0.3 is 14.6 Å². The van der Waals surface area contributed by atoms with Gasteiger partial charge in [-0.15, -0.1) is 0 Å². The Morgan fingerprint density at radius 1 is 1.11 bits per heavy atom. The van der Waals surface area contributed by atoms with Crippen LogP contribution in [0.4, 0.5) is 8.78 Å². The fourth-order valence-electron chi connectivity index (χ4n) is 5.19. The maximum atomic E-state index is 13.8. The van der Waals surface area contributed by atoms with Crippen molar-refractivity contribution >= 4 is 17.4 Å². The summed E-state index contributed by atoms with van der Waals surface area (Å²) in [5.41, 5.74) is 1.28. The third kappa shape index (κ3) is 5.85. The van der Waals surface area contributed by atoms with Crippen molar-refractivity contribution in [3.8, 4) is 11.5 Å². The van der Waals surface area contributed by atoms with Crippen molar-refractivity contribution in [3.63, 3.8) is 0 Å². The fourth-order valence-corrected chi connectivity index (χ4v) is 5.45. The molecule has 5 nitrogen and oxygen atoms in total. The zero-order valence-corrected chi connectivity index (χ0v) is 21.9. The molecule has 2 aliphatic rings. The number of hydrogen-bond acceptors (Lipinski definition) is 5. The van der Waals surface area contributed by atoms with Gasteiger partial charge in [-0.25, -0.2) is 8.78 Å². The molecule has 0 amide bonds. The Kier molecular flexibility index (Phi) is 7.70. The van der Waals surface area contributed by atoms with Crippen molar-refractivity contribution in [1.29, 1.82) is 0 Å². The highest BCUT2D eigenvalue weighted by Gasteiger charge is 2.41. The Morgan fingerprint density at radius 2 is 1.87 bits per heavy atom. The second-order valence-electron chi connectivity index (χ2n) is 10.3. The van der Waals surface area contributed by atoms with Crippen molar-refractivity contribution in [2.75, 3.05) is 13.1 Å². The summed E-state index contributed by atoms with van der Waals surface area (Å²) in [4.78, 5) is 15.5. The molecule has 0 saturated heterocycles. The molecule has 5 rings (SSSR count). The van der Waals surface area contributed by atoms with E-state index in [1.54, 1.807) is 13.0 Å². The van der Waals surface area contributed by atoms with Crippen LogP contribution in [0.2, 0.25) is 5.02 Å². The van der Waals surface area contributed by atoms with E-state index in [9.17, 15) is 18.7 Å². The highest BCUT2D eigenvalue weighted by atomic mass is 35.5. The molecular weight excluding hydrogens is 512 g/mol. The number of Topliss-reactive ketones (excluding diaryl/α,β-unsaturated/α-hetero) is 1. The minimum absolute atomic E-state index is 0.0329. The molecule has 0 aromatic heterocycles. The number of carbonyl (C=O) groups is 1. The van der Waals surface area contributed by atoms with E-state index in [0.717, 1.165) is 11.1 Å². The second-order valence-corrected chi connectivity index (χ2v) is 10.7. The van der Waals surface area contributed by atoms with Gasteiger partial charge in [0, 0.05) is 13.1 Å². The first-order chi connectivity index (χ1) is 18.2. The number of hydrogen-bond donors (Lipinski definition) is 1. The second kappa shape index (κ2) is 11.0. The number of ether oxygens (including phenoxy) is 2. The Balaban J connectivity index is 1.31. The lowest BCUT2D eigenvalue weighted by molar-refractivity contribution is -0.136. The van der Waals surface area contributed by atoms with Crippen LogP contribution in [0.5, 0.6) is 11.5 Å². The molecule has 0 radical (unpaired) electrons. The molecule has 2 heterocycles. The van der Waals surface area contributed by atoms with Gasteiger partial charge in [-0.05, 0) is 79.6 Å². The summed E-state index contributed by atoms with van der Waals surface area (Å²) in [7, 11) is 0. The molecular formula is C30H30ClF2NO4. The summed E-state index contributed by atoms with van der Waals surface area (Å²) in [6, 6.07) is 16.7. The first-order valence-corrected chi connectivity index (χ1v) is 13.2. The number of ketones is 1. The predicted octanol–water partition coefficient (Wildman–Crippen LogP) is 5.53. The maximum Gasteiger partial charge on any atom is 0.189 e. The quantitative estimate of drug-likeness (QED) is 0.406. The summed E-state index contributed by atoms with van der Waals surface area (Å²) in [6.07, 6.45) is 0.633. The summed E-state index contributed by atoms with van der Waals surface area (Å²) in [5.74, 6) is 0.00872. The van der Waals surface area contributed by atoms with Crippen molar-refractivity contribution in [1.82, 2.24) is 4.90 Å². The van der Waals surface area contributed by atoms with Crippen LogP contribution in [0.15, 0.2) is 60.7 Å². The van der Waals surface area contributed by atoms with E-state index in [0.29, 0.717) is 49.3 Å². The van der Waals surface area contributed by atoms with Crippen molar-refractivity contribution in [2.45, 2.75) is 57.0 Å². The summed E-state index contributed by atoms with van der Waals surface area (Å²) < 4.78 is 39.5. The molecule has 200 valence electrons. The Morgan fingerprint density at radius 3 is 2.66 bits per heavy atom. The first-order valence-electron chi connectivity index (χ1n) is 12.8. The molecule has 0 unspecified atom stereocenters. The number of aliphatic hydroxyl groups excluding tert-OH is 1. The number of carbonyl (C=O) groups excluding carboxylic acids is 1. The van der Waals surface area contributed by atoms with Gasteiger partial charge in [0.15, 0.2) is 11.4 Å². The molecule has 3 aromatic carbocycles. The van der Waals surface area contributed by atoms with Gasteiger partial charge in [0.05, 0.1) is 11.6 Å².